The van der Waals surface area contributed by atoms with Gasteiger partial charge in [-0.25, -0.2) is 9.97 Å². The van der Waals surface area contributed by atoms with Gasteiger partial charge in [0.1, 0.15) is 11.9 Å². The Labute approximate surface area is 166 Å². The Kier molecular flexibility index (Phi) is 4.94. The maximum absolute atomic E-state index is 11.8. The minimum Gasteiger partial charge on any atom is -0.368 e. The molecule has 3 aromatic rings. The molecular weight excluding hydrogens is 370 g/mol. The van der Waals surface area contributed by atoms with Crippen LogP contribution in [0.5, 0.6) is 0 Å². The topological polar surface area (TPSA) is 149 Å². The number of amides is 2. The van der Waals surface area contributed by atoms with Crippen molar-refractivity contribution in [2.24, 2.45) is 17.4 Å². The quantitative estimate of drug-likeness (QED) is 0.458. The summed E-state index contributed by atoms with van der Waals surface area (Å²) in [6.45, 7) is 0. The summed E-state index contributed by atoms with van der Waals surface area (Å²) < 4.78 is 0. The van der Waals surface area contributed by atoms with Crippen molar-refractivity contribution >= 4 is 40.0 Å². The van der Waals surface area contributed by atoms with Crippen LogP contribution in [-0.2, 0) is 4.79 Å². The molecule has 1 fully saturated rings. The van der Waals surface area contributed by atoms with E-state index in [1.54, 1.807) is 6.20 Å². The van der Waals surface area contributed by atoms with E-state index in [0.29, 0.717) is 23.8 Å². The highest BCUT2D eigenvalue weighted by Crippen LogP contribution is 2.34. The normalized spacial score (nSPS) is 14.3. The van der Waals surface area contributed by atoms with E-state index in [1.807, 2.05) is 30.3 Å². The Bertz CT molecular complexity index is 1080. The molecule has 29 heavy (non-hydrogen) atoms. The van der Waals surface area contributed by atoms with E-state index >= 15 is 0 Å². The lowest BCUT2D eigenvalue weighted by Gasteiger charge is -2.17. The van der Waals surface area contributed by atoms with E-state index in [4.69, 9.17) is 11.5 Å². The molecule has 1 aromatic carbocycles. The molecular formula is C20H21N7O2. The number of aromatic nitrogens is 3. The molecule has 148 valence electrons. The summed E-state index contributed by atoms with van der Waals surface area (Å²) in [5, 5.41) is 6.99. The number of nitrogens with two attached hydrogens (primary N) is 2. The molecule has 0 bridgehead atoms. The standard InChI is InChI=1S/C20H21N7O2/c21-18(28)15(7-11-5-6-11)26-16-10-24-17(19(22)29)20(27-16)25-13-8-12-3-1-2-4-14(12)23-9-13/h1-4,8-11,15H,5-7H2,(H2,21,28)(H2,22,29)(H2,25,26,27). The van der Waals surface area contributed by atoms with Crippen molar-refractivity contribution < 1.29 is 9.59 Å². The molecule has 0 radical (unpaired) electrons. The second kappa shape index (κ2) is 7.70. The Hall–Kier alpha value is -3.75. The van der Waals surface area contributed by atoms with Gasteiger partial charge in [-0.2, -0.15) is 0 Å². The van der Waals surface area contributed by atoms with Gasteiger partial charge in [-0.3, -0.25) is 14.6 Å². The number of nitrogens with zero attached hydrogens (tertiary/aromatic N) is 3. The first-order valence-electron chi connectivity index (χ1n) is 9.34. The van der Waals surface area contributed by atoms with Gasteiger partial charge >= 0.3 is 0 Å². The van der Waals surface area contributed by atoms with Crippen molar-refractivity contribution in [2.75, 3.05) is 10.6 Å². The van der Waals surface area contributed by atoms with Crippen molar-refractivity contribution in [3.63, 3.8) is 0 Å². The second-order valence-corrected chi connectivity index (χ2v) is 7.14. The van der Waals surface area contributed by atoms with Crippen LogP contribution in [0.2, 0.25) is 0 Å². The van der Waals surface area contributed by atoms with Gasteiger partial charge in [0.05, 0.1) is 23.6 Å². The molecule has 0 spiro atoms. The van der Waals surface area contributed by atoms with Gasteiger partial charge < -0.3 is 22.1 Å². The third kappa shape index (κ3) is 4.40. The summed E-state index contributed by atoms with van der Waals surface area (Å²) in [6.07, 6.45) is 5.84. The number of carbonyl (C=O) groups excluding carboxylic acids is 2. The summed E-state index contributed by atoms with van der Waals surface area (Å²) in [5.41, 5.74) is 12.4. The maximum Gasteiger partial charge on any atom is 0.271 e. The molecule has 0 saturated heterocycles. The van der Waals surface area contributed by atoms with Crippen LogP contribution < -0.4 is 22.1 Å². The molecule has 2 heterocycles. The van der Waals surface area contributed by atoms with E-state index in [2.05, 4.69) is 25.6 Å². The van der Waals surface area contributed by atoms with Crippen LogP contribution in [0, 0.1) is 5.92 Å². The predicted molar refractivity (Wildman–Crippen MR) is 110 cm³/mol. The average Bonchev–Trinajstić information content (AvgIpc) is 3.51. The molecule has 4 rings (SSSR count). The van der Waals surface area contributed by atoms with E-state index in [-0.39, 0.29) is 11.5 Å². The van der Waals surface area contributed by atoms with Gasteiger partial charge in [0.25, 0.3) is 5.91 Å². The second-order valence-electron chi connectivity index (χ2n) is 7.14. The fraction of sp³-hybridized carbons (Fsp3) is 0.250. The number of para-hydroxylation sites is 1. The Balaban J connectivity index is 1.61. The molecule has 0 aliphatic heterocycles. The third-order valence-corrected chi connectivity index (χ3v) is 4.79. The minimum atomic E-state index is -0.718. The monoisotopic (exact) mass is 391 g/mol. The third-order valence-electron chi connectivity index (χ3n) is 4.79. The number of anilines is 3. The number of carbonyl (C=O) groups is 2. The van der Waals surface area contributed by atoms with Gasteiger partial charge in [0.15, 0.2) is 11.5 Å². The molecule has 2 aromatic heterocycles. The van der Waals surface area contributed by atoms with E-state index in [1.165, 1.54) is 6.20 Å². The van der Waals surface area contributed by atoms with Crippen molar-refractivity contribution in [1.29, 1.82) is 0 Å². The Morgan fingerprint density at radius 2 is 1.93 bits per heavy atom. The first kappa shape index (κ1) is 18.6. The summed E-state index contributed by atoms with van der Waals surface area (Å²) >= 11 is 0. The van der Waals surface area contributed by atoms with Crippen LogP contribution >= 0.6 is 0 Å². The first-order valence-corrected chi connectivity index (χ1v) is 9.34. The van der Waals surface area contributed by atoms with Crippen molar-refractivity contribution in [1.82, 2.24) is 15.0 Å². The zero-order valence-corrected chi connectivity index (χ0v) is 15.6. The van der Waals surface area contributed by atoms with Crippen LogP contribution in [0.1, 0.15) is 29.8 Å². The molecule has 1 unspecified atom stereocenters. The predicted octanol–water partition coefficient (Wildman–Crippen LogP) is 1.93. The Morgan fingerprint density at radius 3 is 2.66 bits per heavy atom. The lowest BCUT2D eigenvalue weighted by Crippen LogP contribution is -2.36. The zero-order valence-electron chi connectivity index (χ0n) is 15.6. The van der Waals surface area contributed by atoms with Crippen molar-refractivity contribution in [3.8, 4) is 0 Å². The van der Waals surface area contributed by atoms with Crippen LogP contribution in [0.4, 0.5) is 17.3 Å². The van der Waals surface area contributed by atoms with Gasteiger partial charge in [0, 0.05) is 5.39 Å². The van der Waals surface area contributed by atoms with E-state index in [0.717, 1.165) is 23.7 Å². The number of hydrogen-bond donors (Lipinski definition) is 4. The zero-order chi connectivity index (χ0) is 20.4. The maximum atomic E-state index is 11.8. The SMILES string of the molecule is NC(=O)c1ncc(NC(CC2CC2)C(N)=O)nc1Nc1cnc2ccccc2c1. The van der Waals surface area contributed by atoms with Crippen molar-refractivity contribution in [2.45, 2.75) is 25.3 Å². The smallest absolute Gasteiger partial charge is 0.271 e. The fourth-order valence-electron chi connectivity index (χ4n) is 3.11. The molecule has 1 aliphatic rings. The van der Waals surface area contributed by atoms with Crippen LogP contribution in [0.15, 0.2) is 42.7 Å². The number of benzene rings is 1. The molecule has 1 aliphatic carbocycles. The lowest BCUT2D eigenvalue weighted by atomic mass is 10.1. The number of hydrogen-bond acceptors (Lipinski definition) is 7. The van der Waals surface area contributed by atoms with Gasteiger partial charge in [-0.1, -0.05) is 31.0 Å². The molecule has 2 amide bonds. The largest absolute Gasteiger partial charge is 0.368 e. The van der Waals surface area contributed by atoms with Gasteiger partial charge in [0.2, 0.25) is 5.91 Å². The van der Waals surface area contributed by atoms with Gasteiger partial charge in [-0.15, -0.1) is 0 Å². The van der Waals surface area contributed by atoms with E-state index in [9.17, 15) is 9.59 Å². The number of nitrogens with one attached hydrogen (secondary N) is 2. The van der Waals surface area contributed by atoms with Gasteiger partial charge in [-0.05, 0) is 24.5 Å². The van der Waals surface area contributed by atoms with Crippen LogP contribution in [0.25, 0.3) is 10.9 Å². The summed E-state index contributed by atoms with van der Waals surface area (Å²) in [7, 11) is 0. The lowest BCUT2D eigenvalue weighted by molar-refractivity contribution is -0.118. The number of primary amides is 2. The molecule has 6 N–H and O–H groups in total. The number of rotatable bonds is 8. The summed E-state index contributed by atoms with van der Waals surface area (Å²) in [4.78, 5) is 36.4. The highest BCUT2D eigenvalue weighted by molar-refractivity contribution is 5.96. The number of pyridine rings is 1. The van der Waals surface area contributed by atoms with E-state index < -0.39 is 17.9 Å². The minimum absolute atomic E-state index is 0.0125. The summed E-state index contributed by atoms with van der Waals surface area (Å²) in [5.74, 6) is -0.167. The average molecular weight is 391 g/mol. The highest BCUT2D eigenvalue weighted by Gasteiger charge is 2.28. The molecule has 1 atom stereocenters. The first-order chi connectivity index (χ1) is 14.0. The highest BCUT2D eigenvalue weighted by atomic mass is 16.1. The molecule has 1 saturated carbocycles. The van der Waals surface area contributed by atoms with Crippen molar-refractivity contribution in [3.05, 3.63) is 48.4 Å². The summed E-state index contributed by atoms with van der Waals surface area (Å²) in [6, 6.07) is 8.99. The number of fused-ring (bicyclic) bond motifs is 1. The Morgan fingerprint density at radius 1 is 1.14 bits per heavy atom. The molecule has 9 heteroatoms. The van der Waals surface area contributed by atoms with Crippen LogP contribution in [-0.4, -0.2) is 32.8 Å². The molecule has 9 nitrogen and oxygen atoms in total. The fourth-order valence-corrected chi connectivity index (χ4v) is 3.11. The van der Waals surface area contributed by atoms with Crippen LogP contribution in [0.3, 0.4) is 0 Å².